The molecule has 0 spiro atoms. The third-order valence-electron chi connectivity index (χ3n) is 2.71. The lowest BCUT2D eigenvalue weighted by atomic mass is 10.1. The van der Waals surface area contributed by atoms with E-state index in [0.29, 0.717) is 29.3 Å². The van der Waals surface area contributed by atoms with E-state index in [1.54, 1.807) is 13.0 Å². The first kappa shape index (κ1) is 12.6. The molecule has 5 heteroatoms. The zero-order valence-electron chi connectivity index (χ0n) is 9.90. The number of nitrogens with one attached hydrogen (secondary N) is 1. The normalized spacial score (nSPS) is 10.6. The average molecular weight is 265 g/mol. The molecule has 0 bridgehead atoms. The van der Waals surface area contributed by atoms with Gasteiger partial charge in [-0.2, -0.15) is 4.98 Å². The Morgan fingerprint density at radius 1 is 1.39 bits per heavy atom. The van der Waals surface area contributed by atoms with Crippen LogP contribution in [-0.4, -0.2) is 15.1 Å². The minimum absolute atomic E-state index is 0.205. The summed E-state index contributed by atoms with van der Waals surface area (Å²) in [7, 11) is 0. The topological polar surface area (TPSA) is 66.0 Å². The van der Waals surface area contributed by atoms with E-state index in [9.17, 15) is 9.90 Å². The van der Waals surface area contributed by atoms with E-state index in [1.807, 2.05) is 18.2 Å². The number of aromatic amines is 1. The van der Waals surface area contributed by atoms with E-state index in [1.165, 1.54) is 0 Å². The molecular formula is C13H13ClN2O2. The number of rotatable bonds is 3. The van der Waals surface area contributed by atoms with Crippen molar-refractivity contribution in [3.63, 3.8) is 0 Å². The summed E-state index contributed by atoms with van der Waals surface area (Å²) in [6, 6.07) is 7.32. The number of benzene rings is 1. The molecule has 0 unspecified atom stereocenters. The first-order valence-electron chi connectivity index (χ1n) is 5.66. The second-order valence-electron chi connectivity index (χ2n) is 3.94. The molecule has 0 aliphatic carbocycles. The zero-order chi connectivity index (χ0) is 13.1. The Kier molecular flexibility index (Phi) is 3.67. The second kappa shape index (κ2) is 5.23. The van der Waals surface area contributed by atoms with Crippen LogP contribution >= 0.6 is 11.6 Å². The largest absolute Gasteiger partial charge is 0.493 e. The molecule has 2 aromatic rings. The summed E-state index contributed by atoms with van der Waals surface area (Å²) in [6.45, 7) is 1.79. The number of hydrogen-bond donors (Lipinski definition) is 2. The monoisotopic (exact) mass is 264 g/mol. The minimum Gasteiger partial charge on any atom is -0.493 e. The molecule has 0 amide bonds. The van der Waals surface area contributed by atoms with Gasteiger partial charge in [0.25, 0.3) is 5.56 Å². The summed E-state index contributed by atoms with van der Waals surface area (Å²) < 4.78 is 0. The third-order valence-corrected chi connectivity index (χ3v) is 3.08. The minimum atomic E-state index is -0.299. The average Bonchev–Trinajstić information content (AvgIpc) is 2.32. The van der Waals surface area contributed by atoms with Gasteiger partial charge in [0.1, 0.15) is 5.82 Å². The molecule has 0 saturated heterocycles. The van der Waals surface area contributed by atoms with E-state index >= 15 is 0 Å². The highest BCUT2D eigenvalue weighted by molar-refractivity contribution is 6.31. The molecule has 94 valence electrons. The summed E-state index contributed by atoms with van der Waals surface area (Å²) in [5.74, 6) is 0.200. The Balaban J connectivity index is 2.37. The predicted octanol–water partition coefficient (Wildman–Crippen LogP) is 2.28. The van der Waals surface area contributed by atoms with Gasteiger partial charge in [-0.05, 0) is 18.1 Å². The van der Waals surface area contributed by atoms with Crippen LogP contribution in [0.2, 0.25) is 5.02 Å². The van der Waals surface area contributed by atoms with Gasteiger partial charge < -0.3 is 10.1 Å². The van der Waals surface area contributed by atoms with Crippen LogP contribution in [0.1, 0.15) is 23.9 Å². The lowest BCUT2D eigenvalue weighted by molar-refractivity contribution is 0.440. The van der Waals surface area contributed by atoms with Crippen LogP contribution in [0.15, 0.2) is 29.1 Å². The second-order valence-corrected chi connectivity index (χ2v) is 4.34. The first-order valence-corrected chi connectivity index (χ1v) is 6.04. The van der Waals surface area contributed by atoms with E-state index in [0.717, 1.165) is 5.56 Å². The van der Waals surface area contributed by atoms with Gasteiger partial charge in [-0.3, -0.25) is 4.79 Å². The molecule has 0 aliphatic heterocycles. The van der Waals surface area contributed by atoms with E-state index in [2.05, 4.69) is 9.97 Å². The van der Waals surface area contributed by atoms with Crippen LogP contribution in [-0.2, 0) is 12.8 Å². The van der Waals surface area contributed by atoms with Gasteiger partial charge in [-0.1, -0.05) is 36.7 Å². The summed E-state index contributed by atoms with van der Waals surface area (Å²) in [6.07, 6.45) is 0.826. The fourth-order valence-corrected chi connectivity index (χ4v) is 1.96. The van der Waals surface area contributed by atoms with Gasteiger partial charge in [0.2, 0.25) is 5.88 Å². The lowest BCUT2D eigenvalue weighted by Gasteiger charge is -2.06. The molecule has 0 aliphatic rings. The Morgan fingerprint density at radius 2 is 2.11 bits per heavy atom. The molecule has 1 aromatic heterocycles. The Hall–Kier alpha value is -1.81. The number of nitrogens with zero attached hydrogens (tertiary/aromatic N) is 1. The molecular weight excluding hydrogens is 252 g/mol. The standard InChI is InChI=1S/C13H13ClN2O2/c1-2-9-12(17)15-11(16-13(9)18)7-8-5-3-4-6-10(8)14/h3-6H,2,7H2,1H3,(H2,15,16,17,18). The van der Waals surface area contributed by atoms with Gasteiger partial charge in [0, 0.05) is 11.4 Å². The number of aromatic nitrogens is 2. The summed E-state index contributed by atoms with van der Waals surface area (Å²) in [5, 5.41) is 10.3. The Bertz CT molecular complexity index is 623. The highest BCUT2D eigenvalue weighted by Gasteiger charge is 2.10. The summed E-state index contributed by atoms with van der Waals surface area (Å²) in [5.41, 5.74) is 0.857. The summed E-state index contributed by atoms with van der Waals surface area (Å²) >= 11 is 6.03. The smallest absolute Gasteiger partial charge is 0.257 e. The highest BCUT2D eigenvalue weighted by atomic mass is 35.5. The molecule has 18 heavy (non-hydrogen) atoms. The van der Waals surface area contributed by atoms with Crippen LogP contribution in [0, 0.1) is 0 Å². The van der Waals surface area contributed by atoms with Gasteiger partial charge >= 0.3 is 0 Å². The molecule has 0 radical (unpaired) electrons. The van der Waals surface area contributed by atoms with Gasteiger partial charge in [0.05, 0.1) is 5.56 Å². The fourth-order valence-electron chi connectivity index (χ4n) is 1.76. The van der Waals surface area contributed by atoms with Crippen molar-refractivity contribution in [1.82, 2.24) is 9.97 Å². The van der Waals surface area contributed by atoms with Crippen molar-refractivity contribution >= 4 is 11.6 Å². The maximum Gasteiger partial charge on any atom is 0.257 e. The quantitative estimate of drug-likeness (QED) is 0.894. The van der Waals surface area contributed by atoms with Crippen molar-refractivity contribution in [2.24, 2.45) is 0 Å². The molecule has 1 heterocycles. The van der Waals surface area contributed by atoms with Crippen LogP contribution in [0.3, 0.4) is 0 Å². The number of halogens is 1. The first-order chi connectivity index (χ1) is 8.61. The van der Waals surface area contributed by atoms with Crippen LogP contribution in [0.5, 0.6) is 5.88 Å². The summed E-state index contributed by atoms with van der Waals surface area (Å²) in [4.78, 5) is 18.3. The molecule has 1 aromatic carbocycles. The molecule has 2 N–H and O–H groups in total. The van der Waals surface area contributed by atoms with Crippen molar-refractivity contribution in [2.75, 3.05) is 0 Å². The number of H-pyrrole nitrogens is 1. The number of hydrogen-bond acceptors (Lipinski definition) is 3. The van der Waals surface area contributed by atoms with Crippen molar-refractivity contribution in [1.29, 1.82) is 0 Å². The maximum absolute atomic E-state index is 11.7. The molecule has 0 fully saturated rings. The highest BCUT2D eigenvalue weighted by Crippen LogP contribution is 2.18. The molecule has 2 rings (SSSR count). The van der Waals surface area contributed by atoms with Crippen molar-refractivity contribution in [2.45, 2.75) is 19.8 Å². The van der Waals surface area contributed by atoms with Crippen LogP contribution < -0.4 is 5.56 Å². The van der Waals surface area contributed by atoms with Crippen molar-refractivity contribution in [3.8, 4) is 5.88 Å². The maximum atomic E-state index is 11.7. The van der Waals surface area contributed by atoms with Gasteiger partial charge in [0.15, 0.2) is 0 Å². The van der Waals surface area contributed by atoms with E-state index in [4.69, 9.17) is 11.6 Å². The Morgan fingerprint density at radius 3 is 2.72 bits per heavy atom. The Labute approximate surface area is 109 Å². The third kappa shape index (κ3) is 2.54. The predicted molar refractivity (Wildman–Crippen MR) is 70.2 cm³/mol. The number of aromatic hydroxyl groups is 1. The van der Waals surface area contributed by atoms with E-state index < -0.39 is 0 Å². The zero-order valence-corrected chi connectivity index (χ0v) is 10.7. The molecule has 0 saturated carbocycles. The van der Waals surface area contributed by atoms with Gasteiger partial charge in [-0.15, -0.1) is 0 Å². The van der Waals surface area contributed by atoms with Crippen molar-refractivity contribution in [3.05, 3.63) is 56.6 Å². The molecule has 0 atom stereocenters. The van der Waals surface area contributed by atoms with Gasteiger partial charge in [-0.25, -0.2) is 0 Å². The molecule has 4 nitrogen and oxygen atoms in total. The van der Waals surface area contributed by atoms with E-state index in [-0.39, 0.29) is 11.4 Å². The fraction of sp³-hybridized carbons (Fsp3) is 0.231. The lowest BCUT2D eigenvalue weighted by Crippen LogP contribution is -2.16. The van der Waals surface area contributed by atoms with Crippen LogP contribution in [0.25, 0.3) is 0 Å². The van der Waals surface area contributed by atoms with Crippen LogP contribution in [0.4, 0.5) is 0 Å². The van der Waals surface area contributed by atoms with Crippen molar-refractivity contribution < 1.29 is 5.11 Å². The SMILES string of the molecule is CCc1c(O)nc(Cc2ccccc2Cl)[nH]c1=O.